The predicted octanol–water partition coefficient (Wildman–Crippen LogP) is 3.60. The summed E-state index contributed by atoms with van der Waals surface area (Å²) in [6.45, 7) is 0.420. The Bertz CT molecular complexity index is 1590. The molecular weight excluding hydrogens is 492 g/mol. The van der Waals surface area contributed by atoms with Gasteiger partial charge in [0.15, 0.2) is 0 Å². The van der Waals surface area contributed by atoms with Crippen molar-refractivity contribution in [3.63, 3.8) is 0 Å². The quantitative estimate of drug-likeness (QED) is 0.258. The van der Waals surface area contributed by atoms with Gasteiger partial charge in [0.05, 0.1) is 18.4 Å². The van der Waals surface area contributed by atoms with Gasteiger partial charge in [-0.25, -0.2) is 9.97 Å². The van der Waals surface area contributed by atoms with Crippen molar-refractivity contribution >= 4 is 46.8 Å². The Labute approximate surface area is 216 Å². The lowest BCUT2D eigenvalue weighted by molar-refractivity contribution is -0.110. The highest BCUT2D eigenvalue weighted by Crippen LogP contribution is 2.33. The number of carbonyl (C=O) groups is 2. The monoisotopic (exact) mass is 512 g/mol. The smallest absolute Gasteiger partial charge is 0.266 e. The van der Waals surface area contributed by atoms with Gasteiger partial charge >= 0.3 is 0 Å². The lowest BCUT2D eigenvalue weighted by Gasteiger charge is -2.07. The first-order valence-corrected chi connectivity index (χ1v) is 11.8. The van der Waals surface area contributed by atoms with Crippen LogP contribution in [0.15, 0.2) is 78.3 Å². The standard InChI is InChI=1S/C27H21ClN6O3/c28-24-8-6-18(13-32-24)15-34-16-29-14-22(27(34)37)25(35)31-10-1-3-17-5-7-20-21(12-19-4-2-9-30-19)26(36)33-23(20)11-17/h1-9,11-14,16,30H,10,15H2,(H,31,35)(H,33,36)/b3-1+,21-12?. The number of aromatic amines is 1. The zero-order valence-corrected chi connectivity index (χ0v) is 20.2. The van der Waals surface area contributed by atoms with Crippen LogP contribution >= 0.6 is 11.6 Å². The van der Waals surface area contributed by atoms with Crippen LogP contribution in [0.3, 0.4) is 0 Å². The number of amides is 2. The van der Waals surface area contributed by atoms with Gasteiger partial charge in [0.2, 0.25) is 0 Å². The molecule has 4 heterocycles. The van der Waals surface area contributed by atoms with Crippen LogP contribution in [0.5, 0.6) is 0 Å². The van der Waals surface area contributed by atoms with Crippen LogP contribution in [0.25, 0.3) is 17.7 Å². The van der Waals surface area contributed by atoms with E-state index in [2.05, 4.69) is 25.6 Å². The largest absolute Gasteiger partial charge is 0.362 e. The second-order valence-corrected chi connectivity index (χ2v) is 8.67. The summed E-state index contributed by atoms with van der Waals surface area (Å²) >= 11 is 5.80. The molecule has 1 aromatic carbocycles. The third-order valence-electron chi connectivity index (χ3n) is 5.73. The molecule has 4 aromatic rings. The number of fused-ring (bicyclic) bond motifs is 1. The Hall–Kier alpha value is -4.76. The number of nitrogens with zero attached hydrogens (tertiary/aromatic N) is 3. The lowest BCUT2D eigenvalue weighted by atomic mass is 10.0. The fourth-order valence-electron chi connectivity index (χ4n) is 3.91. The summed E-state index contributed by atoms with van der Waals surface area (Å²) in [5, 5.41) is 5.95. The Morgan fingerprint density at radius 2 is 2.03 bits per heavy atom. The Morgan fingerprint density at radius 1 is 1.14 bits per heavy atom. The van der Waals surface area contributed by atoms with Crippen molar-refractivity contribution in [2.75, 3.05) is 11.9 Å². The fraction of sp³-hybridized carbons (Fsp3) is 0.0741. The molecule has 10 heteroatoms. The summed E-state index contributed by atoms with van der Waals surface area (Å²) in [6, 6.07) is 12.8. The molecule has 3 aromatic heterocycles. The van der Waals surface area contributed by atoms with Crippen molar-refractivity contribution < 1.29 is 9.59 Å². The maximum atomic E-state index is 12.8. The molecule has 37 heavy (non-hydrogen) atoms. The molecule has 1 aliphatic heterocycles. The van der Waals surface area contributed by atoms with Crippen molar-refractivity contribution in [2.24, 2.45) is 0 Å². The van der Waals surface area contributed by atoms with Gasteiger partial charge in [0.1, 0.15) is 10.7 Å². The molecule has 0 saturated heterocycles. The zero-order valence-electron chi connectivity index (χ0n) is 19.4. The van der Waals surface area contributed by atoms with E-state index in [-0.39, 0.29) is 24.6 Å². The number of nitrogens with one attached hydrogen (secondary N) is 3. The third kappa shape index (κ3) is 5.41. The van der Waals surface area contributed by atoms with Gasteiger partial charge in [-0.15, -0.1) is 0 Å². The van der Waals surface area contributed by atoms with Crippen LogP contribution in [0.4, 0.5) is 5.69 Å². The molecule has 0 atom stereocenters. The number of halogens is 1. The summed E-state index contributed by atoms with van der Waals surface area (Å²) < 4.78 is 1.34. The number of benzene rings is 1. The van der Waals surface area contributed by atoms with Crippen LogP contribution in [0.1, 0.15) is 32.7 Å². The van der Waals surface area contributed by atoms with Crippen molar-refractivity contribution in [1.82, 2.24) is 24.8 Å². The van der Waals surface area contributed by atoms with E-state index in [1.807, 2.05) is 42.5 Å². The lowest BCUT2D eigenvalue weighted by Crippen LogP contribution is -2.33. The molecule has 0 radical (unpaired) electrons. The molecule has 0 aliphatic carbocycles. The van der Waals surface area contributed by atoms with E-state index in [0.717, 1.165) is 28.1 Å². The van der Waals surface area contributed by atoms with E-state index >= 15 is 0 Å². The van der Waals surface area contributed by atoms with Gasteiger partial charge in [-0.2, -0.15) is 0 Å². The number of hydrogen-bond donors (Lipinski definition) is 3. The minimum absolute atomic E-state index is 0.0561. The maximum absolute atomic E-state index is 12.8. The molecule has 0 saturated carbocycles. The molecule has 2 amide bonds. The molecule has 1 aliphatic rings. The molecule has 9 nitrogen and oxygen atoms in total. The summed E-state index contributed by atoms with van der Waals surface area (Å²) in [4.78, 5) is 48.8. The molecule has 0 bridgehead atoms. The first-order valence-electron chi connectivity index (χ1n) is 11.4. The maximum Gasteiger partial charge on any atom is 0.266 e. The number of H-pyrrole nitrogens is 1. The van der Waals surface area contributed by atoms with Gasteiger partial charge in [-0.1, -0.05) is 42.0 Å². The third-order valence-corrected chi connectivity index (χ3v) is 5.95. The van der Waals surface area contributed by atoms with Gasteiger partial charge in [0, 0.05) is 42.1 Å². The van der Waals surface area contributed by atoms with E-state index in [1.54, 1.807) is 30.6 Å². The van der Waals surface area contributed by atoms with Crippen molar-refractivity contribution in [3.05, 3.63) is 117 Å². The Balaban J connectivity index is 1.22. The molecule has 0 fully saturated rings. The van der Waals surface area contributed by atoms with Crippen LogP contribution in [0, 0.1) is 0 Å². The van der Waals surface area contributed by atoms with Crippen LogP contribution in [-0.4, -0.2) is 37.9 Å². The molecule has 0 unspecified atom stereocenters. The molecular formula is C27H21ClN6O3. The predicted molar refractivity (Wildman–Crippen MR) is 142 cm³/mol. The number of hydrogen-bond acceptors (Lipinski definition) is 5. The molecule has 0 spiro atoms. The molecule has 3 N–H and O–H groups in total. The topological polar surface area (TPSA) is 122 Å². The minimum atomic E-state index is -0.522. The average Bonchev–Trinajstić information content (AvgIpc) is 3.52. The van der Waals surface area contributed by atoms with Crippen LogP contribution in [-0.2, 0) is 11.3 Å². The summed E-state index contributed by atoms with van der Waals surface area (Å²) in [7, 11) is 0. The highest BCUT2D eigenvalue weighted by molar-refractivity contribution is 6.34. The van der Waals surface area contributed by atoms with Crippen molar-refractivity contribution in [3.8, 4) is 0 Å². The number of anilines is 1. The second kappa shape index (κ2) is 10.5. The molecule has 184 valence electrons. The van der Waals surface area contributed by atoms with E-state index in [4.69, 9.17) is 11.6 Å². The van der Waals surface area contributed by atoms with Gasteiger partial charge in [0.25, 0.3) is 17.4 Å². The van der Waals surface area contributed by atoms with Gasteiger partial charge < -0.3 is 15.6 Å². The number of pyridine rings is 1. The fourth-order valence-corrected chi connectivity index (χ4v) is 4.02. The first kappa shape index (κ1) is 24.0. The summed E-state index contributed by atoms with van der Waals surface area (Å²) in [5.74, 6) is -0.682. The minimum Gasteiger partial charge on any atom is -0.362 e. The van der Waals surface area contributed by atoms with Crippen LogP contribution < -0.4 is 16.2 Å². The average molecular weight is 513 g/mol. The normalized spacial score (nSPS) is 13.6. The first-order chi connectivity index (χ1) is 18.0. The highest BCUT2D eigenvalue weighted by atomic mass is 35.5. The molecule has 5 rings (SSSR count). The van der Waals surface area contributed by atoms with Crippen molar-refractivity contribution in [1.29, 1.82) is 0 Å². The second-order valence-electron chi connectivity index (χ2n) is 8.28. The zero-order chi connectivity index (χ0) is 25.8. The van der Waals surface area contributed by atoms with Gasteiger partial charge in [-0.05, 0) is 41.5 Å². The Kier molecular flexibility index (Phi) is 6.78. The van der Waals surface area contributed by atoms with E-state index in [9.17, 15) is 14.4 Å². The number of rotatable bonds is 7. The highest BCUT2D eigenvalue weighted by Gasteiger charge is 2.24. The van der Waals surface area contributed by atoms with Gasteiger partial charge in [-0.3, -0.25) is 19.0 Å². The Morgan fingerprint density at radius 3 is 2.81 bits per heavy atom. The number of aromatic nitrogens is 4. The SMILES string of the molecule is O=C1Nc2cc(/C=C/CNC(=O)c3cncn(Cc4ccc(Cl)nc4)c3=O)ccc2C1=Cc1ccc[nH]1. The van der Waals surface area contributed by atoms with E-state index < -0.39 is 11.5 Å². The number of carbonyl (C=O) groups excluding carboxylic acids is 2. The summed E-state index contributed by atoms with van der Waals surface area (Å²) in [5.41, 5.74) is 4.09. The van der Waals surface area contributed by atoms with Crippen molar-refractivity contribution in [2.45, 2.75) is 6.54 Å². The van der Waals surface area contributed by atoms with Crippen LogP contribution in [0.2, 0.25) is 5.15 Å². The van der Waals surface area contributed by atoms with E-state index in [1.165, 1.54) is 17.1 Å². The van der Waals surface area contributed by atoms with E-state index in [0.29, 0.717) is 10.7 Å². The summed E-state index contributed by atoms with van der Waals surface area (Å²) in [6.07, 6.45) is 11.4.